The molecule has 1 aliphatic heterocycles. The number of H-pyrrole nitrogens is 1. The van der Waals surface area contributed by atoms with Crippen molar-refractivity contribution in [2.45, 2.75) is 44.3 Å². The number of phosphoric ester groups is 1. The van der Waals surface area contributed by atoms with Crippen molar-refractivity contribution in [1.29, 1.82) is 0 Å². The molecule has 196 valence electrons. The number of aromatic nitrogens is 3. The van der Waals surface area contributed by atoms with Gasteiger partial charge in [0.1, 0.15) is 29.8 Å². The Morgan fingerprint density at radius 1 is 1.11 bits per heavy atom. The van der Waals surface area contributed by atoms with Gasteiger partial charge in [-0.05, 0) is 30.9 Å². The van der Waals surface area contributed by atoms with E-state index < -0.39 is 46.8 Å². The van der Waals surface area contributed by atoms with Gasteiger partial charge < -0.3 is 39.2 Å². The molecule has 0 radical (unpaired) electrons. The normalized spacial score (nSPS) is 24.3. The van der Waals surface area contributed by atoms with Gasteiger partial charge in [-0.2, -0.15) is 4.31 Å². The van der Waals surface area contributed by atoms with Crippen LogP contribution in [-0.2, 0) is 35.5 Å². The van der Waals surface area contributed by atoms with Crippen LogP contribution in [0.3, 0.4) is 0 Å². The van der Waals surface area contributed by atoms with Gasteiger partial charge in [-0.15, -0.1) is 0 Å². The van der Waals surface area contributed by atoms with E-state index in [9.17, 15) is 29.0 Å². The summed E-state index contributed by atoms with van der Waals surface area (Å²) in [4.78, 5) is 46.7. The Hall–Kier alpha value is -2.22. The first-order valence-electron chi connectivity index (χ1n) is 10.7. The maximum atomic E-state index is 12.8. The van der Waals surface area contributed by atoms with Gasteiger partial charge in [0.2, 0.25) is 0 Å². The van der Waals surface area contributed by atoms with Gasteiger partial charge in [-0.1, -0.05) is 30.3 Å². The molecule has 6 N–H and O–H groups in total. The molecule has 3 aromatic rings. The second-order valence-electron chi connectivity index (χ2n) is 8.28. The molecule has 2 aromatic heterocycles. The molecule has 1 aromatic carbocycles. The lowest BCUT2D eigenvalue weighted by Gasteiger charge is -2.18. The SMILES string of the molecule is Cc1nc2c(c(CCc3ccccc3)cn2C2OC(COP(=O)(O)OP(=O)(O)O)C(O)C2O)c(=O)[nH]1. The summed E-state index contributed by atoms with van der Waals surface area (Å²) in [6.45, 7) is 0.745. The second kappa shape index (κ2) is 10.3. The van der Waals surface area contributed by atoms with Crippen molar-refractivity contribution in [2.24, 2.45) is 0 Å². The zero-order valence-electron chi connectivity index (χ0n) is 18.9. The molecule has 0 saturated carbocycles. The van der Waals surface area contributed by atoms with Crippen molar-refractivity contribution in [3.8, 4) is 0 Å². The molecule has 3 heterocycles. The molecule has 0 bridgehead atoms. The van der Waals surface area contributed by atoms with E-state index in [1.807, 2.05) is 30.3 Å². The number of nitrogens with zero attached hydrogens (tertiary/aromatic N) is 2. The van der Waals surface area contributed by atoms with Crippen molar-refractivity contribution < 1.29 is 47.6 Å². The average Bonchev–Trinajstić information content (AvgIpc) is 3.27. The summed E-state index contributed by atoms with van der Waals surface area (Å²) in [7, 11) is -10.5. The summed E-state index contributed by atoms with van der Waals surface area (Å²) < 4.78 is 37.9. The third kappa shape index (κ3) is 6.01. The number of benzene rings is 1. The van der Waals surface area contributed by atoms with E-state index in [2.05, 4.69) is 18.8 Å². The summed E-state index contributed by atoms with van der Waals surface area (Å²) in [6.07, 6.45) is -3.13. The topological polar surface area (TPSA) is 214 Å². The molecule has 1 aliphatic rings. The van der Waals surface area contributed by atoms with Gasteiger partial charge in [0.05, 0.1) is 12.0 Å². The van der Waals surface area contributed by atoms with Crippen LogP contribution in [0.1, 0.15) is 23.2 Å². The standard InChI is InChI=1S/C20H25N3O11P2/c1-11-21-18-15(19(26)22-11)13(8-7-12-5-3-2-4-6-12)9-23(18)20-17(25)16(24)14(33-20)10-32-36(30,31)34-35(27,28)29/h2-6,9,14,16-17,20,24-25H,7-8,10H2,1H3,(H,30,31)(H,21,22,26)(H2,27,28,29). The summed E-state index contributed by atoms with van der Waals surface area (Å²) in [5.74, 6) is 0.310. The Labute approximate surface area is 204 Å². The number of rotatable bonds is 9. The van der Waals surface area contributed by atoms with Crippen LogP contribution < -0.4 is 5.56 Å². The summed E-state index contributed by atoms with van der Waals surface area (Å²) in [6, 6.07) is 9.60. The number of aryl methyl sites for hydroxylation is 3. The molecule has 1 saturated heterocycles. The van der Waals surface area contributed by atoms with Crippen molar-refractivity contribution in [3.63, 3.8) is 0 Å². The van der Waals surface area contributed by atoms with Crippen molar-refractivity contribution in [1.82, 2.24) is 14.5 Å². The van der Waals surface area contributed by atoms with Gasteiger partial charge in [0, 0.05) is 6.20 Å². The van der Waals surface area contributed by atoms with Gasteiger partial charge in [0.25, 0.3) is 5.56 Å². The zero-order valence-corrected chi connectivity index (χ0v) is 20.7. The number of ether oxygens (including phenoxy) is 1. The number of fused-ring (bicyclic) bond motifs is 1. The van der Waals surface area contributed by atoms with Crippen LogP contribution in [0.5, 0.6) is 0 Å². The van der Waals surface area contributed by atoms with E-state index in [-0.39, 0.29) is 16.6 Å². The maximum Gasteiger partial charge on any atom is 0.481 e. The summed E-state index contributed by atoms with van der Waals surface area (Å²) in [5, 5.41) is 21.4. The minimum absolute atomic E-state index is 0.204. The molecular formula is C20H25N3O11P2. The number of hydrogen-bond donors (Lipinski definition) is 6. The van der Waals surface area contributed by atoms with Gasteiger partial charge in [0.15, 0.2) is 6.23 Å². The van der Waals surface area contributed by atoms with Crippen LogP contribution in [0, 0.1) is 6.92 Å². The molecule has 5 unspecified atom stereocenters. The largest absolute Gasteiger partial charge is 0.481 e. The summed E-state index contributed by atoms with van der Waals surface area (Å²) >= 11 is 0. The Bertz CT molecular complexity index is 1390. The molecule has 4 rings (SSSR count). The van der Waals surface area contributed by atoms with Crippen molar-refractivity contribution in [2.75, 3.05) is 6.61 Å². The van der Waals surface area contributed by atoms with Gasteiger partial charge >= 0.3 is 15.6 Å². The van der Waals surface area contributed by atoms with E-state index >= 15 is 0 Å². The number of aliphatic hydroxyl groups excluding tert-OH is 2. The van der Waals surface area contributed by atoms with Crippen LogP contribution in [-0.4, -0.2) is 64.3 Å². The Balaban J connectivity index is 1.60. The minimum atomic E-state index is -5.33. The monoisotopic (exact) mass is 545 g/mol. The van der Waals surface area contributed by atoms with Crippen LogP contribution in [0.4, 0.5) is 0 Å². The molecular weight excluding hydrogens is 520 g/mol. The number of aromatic amines is 1. The smallest absolute Gasteiger partial charge is 0.387 e. The number of hydrogen-bond acceptors (Lipinski definition) is 9. The highest BCUT2D eigenvalue weighted by Gasteiger charge is 2.46. The van der Waals surface area contributed by atoms with Crippen LogP contribution >= 0.6 is 15.6 Å². The average molecular weight is 545 g/mol. The fourth-order valence-corrected chi connectivity index (χ4v) is 5.67. The predicted molar refractivity (Wildman–Crippen MR) is 124 cm³/mol. The van der Waals surface area contributed by atoms with E-state index in [4.69, 9.17) is 14.5 Å². The lowest BCUT2D eigenvalue weighted by atomic mass is 10.1. The van der Waals surface area contributed by atoms with Crippen molar-refractivity contribution >= 4 is 26.7 Å². The van der Waals surface area contributed by atoms with Crippen LogP contribution in [0.15, 0.2) is 41.3 Å². The van der Waals surface area contributed by atoms with Crippen molar-refractivity contribution in [3.05, 3.63) is 63.8 Å². The molecule has 0 amide bonds. The predicted octanol–water partition coefficient (Wildman–Crippen LogP) is 0.664. The Morgan fingerprint density at radius 2 is 1.81 bits per heavy atom. The highest BCUT2D eigenvalue weighted by Crippen LogP contribution is 2.57. The minimum Gasteiger partial charge on any atom is -0.387 e. The fourth-order valence-electron chi connectivity index (χ4n) is 4.07. The van der Waals surface area contributed by atoms with Gasteiger partial charge in [-0.25, -0.2) is 14.1 Å². The van der Waals surface area contributed by atoms with Gasteiger partial charge in [-0.3, -0.25) is 9.32 Å². The third-order valence-electron chi connectivity index (χ3n) is 5.63. The first kappa shape index (κ1) is 26.8. The zero-order chi connectivity index (χ0) is 26.3. The first-order chi connectivity index (χ1) is 16.8. The third-order valence-corrected chi connectivity index (χ3v) is 7.78. The molecule has 0 aliphatic carbocycles. The maximum absolute atomic E-state index is 12.8. The quantitative estimate of drug-likeness (QED) is 0.205. The van der Waals surface area contributed by atoms with E-state index in [1.165, 1.54) is 4.57 Å². The molecule has 5 atom stereocenters. The fraction of sp³-hybridized carbons (Fsp3) is 0.400. The van der Waals surface area contributed by atoms with Crippen LogP contribution in [0.25, 0.3) is 11.0 Å². The van der Waals surface area contributed by atoms with E-state index in [0.717, 1.165) is 5.56 Å². The number of phosphoric acid groups is 2. The van der Waals surface area contributed by atoms with Crippen LogP contribution in [0.2, 0.25) is 0 Å². The van der Waals surface area contributed by atoms with E-state index in [1.54, 1.807) is 13.1 Å². The number of aliphatic hydroxyl groups is 2. The second-order valence-corrected chi connectivity index (χ2v) is 11.1. The molecule has 14 nitrogen and oxygen atoms in total. The summed E-state index contributed by atoms with van der Waals surface area (Å²) in [5.41, 5.74) is 1.49. The first-order valence-corrected chi connectivity index (χ1v) is 13.8. The molecule has 36 heavy (non-hydrogen) atoms. The number of nitrogens with one attached hydrogen (secondary N) is 1. The lowest BCUT2D eigenvalue weighted by Crippen LogP contribution is -2.33. The Morgan fingerprint density at radius 3 is 2.47 bits per heavy atom. The molecule has 1 fully saturated rings. The molecule has 0 spiro atoms. The lowest BCUT2D eigenvalue weighted by molar-refractivity contribution is -0.0501. The Kier molecular flexibility index (Phi) is 7.65. The molecule has 16 heteroatoms. The highest BCUT2D eigenvalue weighted by atomic mass is 31.3. The van der Waals surface area contributed by atoms with E-state index in [0.29, 0.717) is 24.2 Å². The highest BCUT2D eigenvalue weighted by molar-refractivity contribution is 7.60.